The van der Waals surface area contributed by atoms with Crippen LogP contribution in [0.5, 0.6) is 0 Å². The fraction of sp³-hybridized carbons (Fsp3) is 0.214. The van der Waals surface area contributed by atoms with Crippen molar-refractivity contribution in [1.29, 1.82) is 0 Å². The van der Waals surface area contributed by atoms with Crippen molar-refractivity contribution >= 4 is 5.78 Å². The monoisotopic (exact) mass is 232 g/mol. The van der Waals surface area contributed by atoms with Gasteiger partial charge in [0.25, 0.3) is 0 Å². The first kappa shape index (κ1) is 11.6. The average Bonchev–Trinajstić information content (AvgIpc) is 2.69. The third-order valence-electron chi connectivity index (χ3n) is 2.54. The normalized spacial score (nSPS) is 10.5. The molecule has 0 aliphatic rings. The van der Waals surface area contributed by atoms with Gasteiger partial charge >= 0.3 is 0 Å². The molecule has 2 rings (SSSR count). The predicted octanol–water partition coefficient (Wildman–Crippen LogP) is 3.53. The molecule has 1 aromatic carbocycles. The maximum absolute atomic E-state index is 13.4. The molecule has 17 heavy (non-hydrogen) atoms. The summed E-state index contributed by atoms with van der Waals surface area (Å²) in [6.07, 6.45) is 0.272. The van der Waals surface area contributed by atoms with Crippen molar-refractivity contribution in [3.05, 3.63) is 47.5 Å². The summed E-state index contributed by atoms with van der Waals surface area (Å²) in [7, 11) is 0. The maximum atomic E-state index is 13.4. The largest absolute Gasteiger partial charge is 0.461 e. The van der Waals surface area contributed by atoms with Gasteiger partial charge in [0, 0.05) is 5.56 Å². The fourth-order valence-electron chi connectivity index (χ4n) is 1.62. The molecule has 0 saturated heterocycles. The number of carbonyl (C=O) groups is 1. The van der Waals surface area contributed by atoms with Crippen molar-refractivity contribution in [3.63, 3.8) is 0 Å². The molecule has 0 amide bonds. The lowest BCUT2D eigenvalue weighted by atomic mass is 10.1. The summed E-state index contributed by atoms with van der Waals surface area (Å²) in [5.74, 6) is 0.974. The highest BCUT2D eigenvalue weighted by molar-refractivity contribution is 5.77. The van der Waals surface area contributed by atoms with Crippen molar-refractivity contribution in [2.24, 2.45) is 0 Å². The zero-order valence-electron chi connectivity index (χ0n) is 9.79. The number of ketones is 1. The van der Waals surface area contributed by atoms with Crippen LogP contribution in [0.3, 0.4) is 0 Å². The van der Waals surface area contributed by atoms with E-state index in [1.54, 1.807) is 31.2 Å². The van der Waals surface area contributed by atoms with Gasteiger partial charge in [-0.15, -0.1) is 0 Å². The van der Waals surface area contributed by atoms with E-state index in [-0.39, 0.29) is 18.0 Å². The van der Waals surface area contributed by atoms with E-state index in [1.165, 1.54) is 13.0 Å². The Morgan fingerprint density at radius 2 is 2.06 bits per heavy atom. The number of Topliss-reactive ketones (excluding diaryl/α,β-unsaturated/α-hetero) is 1. The summed E-state index contributed by atoms with van der Waals surface area (Å²) in [5, 5.41) is 0. The van der Waals surface area contributed by atoms with E-state index in [0.29, 0.717) is 22.6 Å². The fourth-order valence-corrected chi connectivity index (χ4v) is 1.62. The lowest BCUT2D eigenvalue weighted by Crippen LogP contribution is -1.93. The highest BCUT2D eigenvalue weighted by atomic mass is 19.1. The zero-order chi connectivity index (χ0) is 12.4. The minimum atomic E-state index is -0.257. The van der Waals surface area contributed by atoms with Crippen molar-refractivity contribution in [2.45, 2.75) is 20.3 Å². The van der Waals surface area contributed by atoms with E-state index in [1.807, 2.05) is 0 Å². The topological polar surface area (TPSA) is 30.2 Å². The Hall–Kier alpha value is -1.90. The molecule has 0 radical (unpaired) electrons. The molecular weight excluding hydrogens is 219 g/mol. The molecule has 0 N–H and O–H groups in total. The Kier molecular flexibility index (Phi) is 3.09. The molecule has 1 aromatic heterocycles. The van der Waals surface area contributed by atoms with Gasteiger partial charge in [-0.25, -0.2) is 4.39 Å². The van der Waals surface area contributed by atoms with Crippen molar-refractivity contribution in [1.82, 2.24) is 0 Å². The number of furan rings is 1. The summed E-state index contributed by atoms with van der Waals surface area (Å²) in [4.78, 5) is 10.9. The van der Waals surface area contributed by atoms with Crippen LogP contribution >= 0.6 is 0 Å². The molecular formula is C14H13FO2. The number of aryl methyl sites for hydroxylation is 1. The number of carbonyl (C=O) groups excluding carboxylic acids is 1. The van der Waals surface area contributed by atoms with Crippen molar-refractivity contribution in [2.75, 3.05) is 0 Å². The van der Waals surface area contributed by atoms with Crippen LogP contribution < -0.4 is 0 Å². The predicted molar refractivity (Wildman–Crippen MR) is 63.2 cm³/mol. The standard InChI is InChI=1S/C14H13FO2/c1-9-3-4-11(8-13(9)15)14-6-5-12(17-14)7-10(2)16/h3-6,8H,7H2,1-2H3. The van der Waals surface area contributed by atoms with E-state index >= 15 is 0 Å². The van der Waals surface area contributed by atoms with Gasteiger partial charge in [0.15, 0.2) is 0 Å². The Bertz CT molecular complexity index is 555. The number of rotatable bonds is 3. The summed E-state index contributed by atoms with van der Waals surface area (Å²) < 4.78 is 18.9. The third-order valence-corrected chi connectivity index (χ3v) is 2.54. The first-order valence-corrected chi connectivity index (χ1v) is 5.41. The van der Waals surface area contributed by atoms with Crippen LogP contribution in [-0.4, -0.2) is 5.78 Å². The van der Waals surface area contributed by atoms with E-state index in [4.69, 9.17) is 4.42 Å². The molecule has 3 heteroatoms. The quantitative estimate of drug-likeness (QED) is 0.810. The van der Waals surface area contributed by atoms with Gasteiger partial charge in [-0.1, -0.05) is 12.1 Å². The first-order valence-electron chi connectivity index (χ1n) is 5.41. The SMILES string of the molecule is CC(=O)Cc1ccc(-c2ccc(C)c(F)c2)o1. The Morgan fingerprint density at radius 3 is 2.71 bits per heavy atom. The molecule has 0 aliphatic carbocycles. The third kappa shape index (κ3) is 2.61. The second-order valence-corrected chi connectivity index (χ2v) is 4.11. The summed E-state index contributed by atoms with van der Waals surface area (Å²) in [6, 6.07) is 8.44. The lowest BCUT2D eigenvalue weighted by molar-refractivity contribution is -0.116. The van der Waals surface area contributed by atoms with Crippen LogP contribution in [0.4, 0.5) is 4.39 Å². The molecule has 0 bridgehead atoms. The average molecular weight is 232 g/mol. The summed E-state index contributed by atoms with van der Waals surface area (Å²) in [5.41, 5.74) is 1.28. The lowest BCUT2D eigenvalue weighted by Gasteiger charge is -2.00. The van der Waals surface area contributed by atoms with E-state index in [0.717, 1.165) is 0 Å². The first-order chi connectivity index (χ1) is 8.06. The number of benzene rings is 1. The van der Waals surface area contributed by atoms with Gasteiger partial charge in [0.05, 0.1) is 6.42 Å². The molecule has 0 atom stereocenters. The highest BCUT2D eigenvalue weighted by Crippen LogP contribution is 2.24. The van der Waals surface area contributed by atoms with Gasteiger partial charge in [-0.3, -0.25) is 4.79 Å². The molecule has 2 aromatic rings. The Labute approximate surface area is 99.1 Å². The maximum Gasteiger partial charge on any atom is 0.137 e. The Morgan fingerprint density at radius 1 is 1.29 bits per heavy atom. The smallest absolute Gasteiger partial charge is 0.137 e. The number of hydrogen-bond donors (Lipinski definition) is 0. The van der Waals surface area contributed by atoms with Gasteiger partial charge in [-0.2, -0.15) is 0 Å². The van der Waals surface area contributed by atoms with Gasteiger partial charge in [-0.05, 0) is 37.6 Å². The molecule has 0 unspecified atom stereocenters. The molecule has 0 fully saturated rings. The van der Waals surface area contributed by atoms with Crippen LogP contribution in [0, 0.1) is 12.7 Å². The highest BCUT2D eigenvalue weighted by Gasteiger charge is 2.08. The molecule has 0 spiro atoms. The van der Waals surface area contributed by atoms with Crippen LogP contribution in [-0.2, 0) is 11.2 Å². The molecule has 88 valence electrons. The summed E-state index contributed by atoms with van der Waals surface area (Å²) in [6.45, 7) is 3.22. The van der Waals surface area contributed by atoms with Crippen LogP contribution in [0.1, 0.15) is 18.2 Å². The molecule has 0 saturated carbocycles. The minimum absolute atomic E-state index is 0.0426. The summed E-state index contributed by atoms with van der Waals surface area (Å²) >= 11 is 0. The number of hydrogen-bond acceptors (Lipinski definition) is 2. The van der Waals surface area contributed by atoms with E-state index in [9.17, 15) is 9.18 Å². The van der Waals surface area contributed by atoms with Gasteiger partial charge < -0.3 is 4.42 Å². The molecule has 1 heterocycles. The van der Waals surface area contributed by atoms with Crippen molar-refractivity contribution in [3.8, 4) is 11.3 Å². The molecule has 0 aliphatic heterocycles. The van der Waals surface area contributed by atoms with Crippen LogP contribution in [0.25, 0.3) is 11.3 Å². The van der Waals surface area contributed by atoms with Crippen molar-refractivity contribution < 1.29 is 13.6 Å². The van der Waals surface area contributed by atoms with E-state index < -0.39 is 0 Å². The zero-order valence-corrected chi connectivity index (χ0v) is 9.79. The number of halogens is 1. The Balaban J connectivity index is 2.30. The van der Waals surface area contributed by atoms with Gasteiger partial charge in [0.2, 0.25) is 0 Å². The van der Waals surface area contributed by atoms with Crippen LogP contribution in [0.2, 0.25) is 0 Å². The second-order valence-electron chi connectivity index (χ2n) is 4.11. The second kappa shape index (κ2) is 4.53. The van der Waals surface area contributed by atoms with Gasteiger partial charge in [0.1, 0.15) is 23.1 Å². The van der Waals surface area contributed by atoms with Crippen LogP contribution in [0.15, 0.2) is 34.7 Å². The molecule has 2 nitrogen and oxygen atoms in total. The minimum Gasteiger partial charge on any atom is -0.461 e. The van der Waals surface area contributed by atoms with E-state index in [2.05, 4.69) is 0 Å².